The second-order valence-corrected chi connectivity index (χ2v) is 4.17. The molecule has 0 bridgehead atoms. The first-order valence-corrected chi connectivity index (χ1v) is 5.79. The molecule has 92 valence electrons. The van der Waals surface area contributed by atoms with Gasteiger partial charge in [-0.25, -0.2) is 4.98 Å². The molecule has 1 unspecified atom stereocenters. The molecular formula is C14H15N3O. The number of rotatable bonds is 3. The summed E-state index contributed by atoms with van der Waals surface area (Å²) >= 11 is 0. The van der Waals surface area contributed by atoms with Gasteiger partial charge in [0.15, 0.2) is 0 Å². The van der Waals surface area contributed by atoms with Gasteiger partial charge in [-0.15, -0.1) is 6.42 Å². The second-order valence-electron chi connectivity index (χ2n) is 4.17. The number of amides is 1. The maximum Gasteiger partial charge on any atom is 0.217 e. The number of aromatic nitrogens is 2. The highest BCUT2D eigenvalue weighted by Gasteiger charge is 2.16. The molecule has 1 aromatic carbocycles. The molecule has 1 aromatic heterocycles. The normalized spacial score (nSPS) is 12.1. The van der Waals surface area contributed by atoms with E-state index in [0.717, 1.165) is 16.9 Å². The van der Waals surface area contributed by atoms with Gasteiger partial charge >= 0.3 is 0 Å². The number of imidazole rings is 1. The third kappa shape index (κ3) is 2.21. The minimum absolute atomic E-state index is 0.0817. The largest absolute Gasteiger partial charge is 0.347 e. The van der Waals surface area contributed by atoms with Gasteiger partial charge in [0.05, 0.1) is 23.6 Å². The van der Waals surface area contributed by atoms with Crippen LogP contribution in [0.1, 0.15) is 25.7 Å². The number of hydrogen-bond acceptors (Lipinski definition) is 2. The number of terminal acetylenes is 1. The van der Waals surface area contributed by atoms with Gasteiger partial charge in [0, 0.05) is 6.92 Å². The maximum atomic E-state index is 11.1. The van der Waals surface area contributed by atoms with Crippen LogP contribution in [-0.4, -0.2) is 15.5 Å². The molecule has 0 spiro atoms. The number of carbonyl (C=O) groups is 1. The smallest absolute Gasteiger partial charge is 0.217 e. The van der Waals surface area contributed by atoms with Crippen molar-refractivity contribution >= 4 is 16.9 Å². The molecule has 0 saturated carbocycles. The van der Waals surface area contributed by atoms with E-state index in [2.05, 4.69) is 16.2 Å². The highest BCUT2D eigenvalue weighted by Crippen LogP contribution is 2.20. The SMILES string of the molecule is C#CCn1c(C(C)NC(C)=O)nc2ccccc21. The summed E-state index contributed by atoms with van der Waals surface area (Å²) in [6, 6.07) is 7.63. The van der Waals surface area contributed by atoms with Gasteiger partial charge < -0.3 is 9.88 Å². The van der Waals surface area contributed by atoms with Crippen LogP contribution in [0.5, 0.6) is 0 Å². The van der Waals surface area contributed by atoms with Crippen LogP contribution in [0.2, 0.25) is 0 Å². The van der Waals surface area contributed by atoms with E-state index < -0.39 is 0 Å². The summed E-state index contributed by atoms with van der Waals surface area (Å²) < 4.78 is 1.95. The van der Waals surface area contributed by atoms with Crippen LogP contribution in [0, 0.1) is 12.3 Å². The van der Waals surface area contributed by atoms with E-state index in [1.54, 1.807) is 0 Å². The van der Waals surface area contributed by atoms with Crippen molar-refractivity contribution in [2.45, 2.75) is 26.4 Å². The van der Waals surface area contributed by atoms with Gasteiger partial charge in [-0.2, -0.15) is 0 Å². The van der Waals surface area contributed by atoms with E-state index in [1.807, 2.05) is 35.8 Å². The van der Waals surface area contributed by atoms with Gasteiger partial charge in [0.25, 0.3) is 0 Å². The zero-order valence-electron chi connectivity index (χ0n) is 10.5. The Labute approximate surface area is 106 Å². The first-order valence-electron chi connectivity index (χ1n) is 5.79. The number of nitrogens with one attached hydrogen (secondary N) is 1. The predicted octanol–water partition coefficient (Wildman–Crippen LogP) is 1.87. The quantitative estimate of drug-likeness (QED) is 0.834. The van der Waals surface area contributed by atoms with Crippen molar-refractivity contribution in [3.63, 3.8) is 0 Å². The molecular weight excluding hydrogens is 226 g/mol. The molecule has 0 radical (unpaired) electrons. The average Bonchev–Trinajstić information content (AvgIpc) is 2.68. The van der Waals surface area contributed by atoms with Gasteiger partial charge in [-0.1, -0.05) is 18.1 Å². The van der Waals surface area contributed by atoms with Crippen molar-refractivity contribution in [3.05, 3.63) is 30.1 Å². The van der Waals surface area contributed by atoms with Crippen molar-refractivity contribution in [2.75, 3.05) is 0 Å². The van der Waals surface area contributed by atoms with E-state index in [-0.39, 0.29) is 11.9 Å². The molecule has 0 aliphatic carbocycles. The number of nitrogens with zero attached hydrogens (tertiary/aromatic N) is 2. The van der Waals surface area contributed by atoms with Crippen molar-refractivity contribution in [3.8, 4) is 12.3 Å². The summed E-state index contributed by atoms with van der Waals surface area (Å²) in [6.07, 6.45) is 5.40. The number of carbonyl (C=O) groups excluding carboxylic acids is 1. The van der Waals surface area contributed by atoms with Crippen molar-refractivity contribution < 1.29 is 4.79 Å². The first-order chi connectivity index (χ1) is 8.63. The summed E-state index contributed by atoms with van der Waals surface area (Å²) in [5, 5.41) is 2.83. The summed E-state index contributed by atoms with van der Waals surface area (Å²) in [4.78, 5) is 15.7. The van der Waals surface area contributed by atoms with E-state index >= 15 is 0 Å². The predicted molar refractivity (Wildman–Crippen MR) is 70.8 cm³/mol. The lowest BCUT2D eigenvalue weighted by Gasteiger charge is -2.13. The Balaban J connectivity index is 2.52. The van der Waals surface area contributed by atoms with Crippen molar-refractivity contribution in [1.29, 1.82) is 0 Å². The highest BCUT2D eigenvalue weighted by atomic mass is 16.1. The molecule has 1 N–H and O–H groups in total. The Morgan fingerprint density at radius 2 is 2.28 bits per heavy atom. The fourth-order valence-electron chi connectivity index (χ4n) is 2.05. The Kier molecular flexibility index (Phi) is 3.33. The van der Waals surface area contributed by atoms with Gasteiger partial charge in [0.1, 0.15) is 5.82 Å². The summed E-state index contributed by atoms with van der Waals surface area (Å²) in [6.45, 7) is 3.83. The van der Waals surface area contributed by atoms with Crippen LogP contribution in [0.4, 0.5) is 0 Å². The molecule has 0 aliphatic rings. The van der Waals surface area contributed by atoms with Gasteiger partial charge in [-0.05, 0) is 19.1 Å². The average molecular weight is 241 g/mol. The van der Waals surface area contributed by atoms with E-state index in [9.17, 15) is 4.79 Å². The van der Waals surface area contributed by atoms with Crippen LogP contribution >= 0.6 is 0 Å². The Hall–Kier alpha value is -2.28. The molecule has 0 saturated heterocycles. The molecule has 0 fully saturated rings. The minimum atomic E-state index is -0.164. The fraction of sp³-hybridized carbons (Fsp3) is 0.286. The standard InChI is InChI=1S/C14H15N3O/c1-4-9-17-13-8-6-5-7-12(13)16-14(17)10(2)15-11(3)18/h1,5-8,10H,9H2,2-3H3,(H,15,18). The lowest BCUT2D eigenvalue weighted by atomic mass is 10.3. The van der Waals surface area contributed by atoms with Gasteiger partial charge in [-0.3, -0.25) is 4.79 Å². The topological polar surface area (TPSA) is 46.9 Å². The molecule has 0 aliphatic heterocycles. The van der Waals surface area contributed by atoms with E-state index in [0.29, 0.717) is 6.54 Å². The first kappa shape index (κ1) is 12.2. The highest BCUT2D eigenvalue weighted by molar-refractivity contribution is 5.77. The zero-order chi connectivity index (χ0) is 13.1. The Morgan fingerprint density at radius 1 is 1.56 bits per heavy atom. The molecule has 4 heteroatoms. The number of para-hydroxylation sites is 2. The van der Waals surface area contributed by atoms with Crippen molar-refractivity contribution in [2.24, 2.45) is 0 Å². The van der Waals surface area contributed by atoms with Crippen molar-refractivity contribution in [1.82, 2.24) is 14.9 Å². The maximum absolute atomic E-state index is 11.1. The Morgan fingerprint density at radius 3 is 2.94 bits per heavy atom. The third-order valence-corrected chi connectivity index (χ3v) is 2.74. The lowest BCUT2D eigenvalue weighted by Crippen LogP contribution is -2.26. The van der Waals surface area contributed by atoms with Crippen LogP contribution in [0.3, 0.4) is 0 Å². The second kappa shape index (κ2) is 4.92. The Bertz CT molecular complexity index is 621. The minimum Gasteiger partial charge on any atom is -0.347 e. The van der Waals surface area contributed by atoms with Crippen LogP contribution in [0.25, 0.3) is 11.0 Å². The molecule has 1 atom stereocenters. The van der Waals surface area contributed by atoms with Crippen LogP contribution in [0.15, 0.2) is 24.3 Å². The number of benzene rings is 1. The van der Waals surface area contributed by atoms with E-state index in [4.69, 9.17) is 6.42 Å². The van der Waals surface area contributed by atoms with Crippen LogP contribution < -0.4 is 5.32 Å². The summed E-state index contributed by atoms with van der Waals surface area (Å²) in [7, 11) is 0. The molecule has 2 rings (SSSR count). The number of fused-ring (bicyclic) bond motifs is 1. The molecule has 18 heavy (non-hydrogen) atoms. The van der Waals surface area contributed by atoms with Gasteiger partial charge in [0.2, 0.25) is 5.91 Å². The molecule has 1 heterocycles. The zero-order valence-corrected chi connectivity index (χ0v) is 10.5. The molecule has 4 nitrogen and oxygen atoms in total. The lowest BCUT2D eigenvalue weighted by molar-refractivity contribution is -0.119. The summed E-state index contributed by atoms with van der Waals surface area (Å²) in [5.74, 6) is 3.32. The van der Waals surface area contributed by atoms with E-state index in [1.165, 1.54) is 6.92 Å². The fourth-order valence-corrected chi connectivity index (χ4v) is 2.05. The van der Waals surface area contributed by atoms with Crippen LogP contribution in [-0.2, 0) is 11.3 Å². The summed E-state index contributed by atoms with van der Waals surface area (Å²) in [5.41, 5.74) is 1.88. The molecule has 2 aromatic rings. The third-order valence-electron chi connectivity index (χ3n) is 2.74. The monoisotopic (exact) mass is 241 g/mol. The molecule has 1 amide bonds. The number of hydrogen-bond donors (Lipinski definition) is 1.